The van der Waals surface area contributed by atoms with Crippen molar-refractivity contribution in [1.82, 2.24) is 4.90 Å². The van der Waals surface area contributed by atoms with Crippen molar-refractivity contribution in [3.8, 4) is 12.3 Å². The zero-order valence-corrected chi connectivity index (χ0v) is 15.6. The normalized spacial score (nSPS) is 24.4. The fraction of sp³-hybridized carbons (Fsp3) is 0.476. The number of fused-ring (bicyclic) bond motifs is 1. The van der Waals surface area contributed by atoms with Gasteiger partial charge in [-0.1, -0.05) is 44.1 Å². The first kappa shape index (κ1) is 18.5. The molecule has 2 amide bonds. The smallest absolute Gasteiger partial charge is 0.325 e. The van der Waals surface area contributed by atoms with E-state index >= 15 is 0 Å². The van der Waals surface area contributed by atoms with Crippen LogP contribution in [0.2, 0.25) is 0 Å². The van der Waals surface area contributed by atoms with Gasteiger partial charge in [-0.3, -0.25) is 4.90 Å². The van der Waals surface area contributed by atoms with Crippen LogP contribution in [0.5, 0.6) is 0 Å². The number of ether oxygens (including phenoxy) is 2. The topological polar surface area (TPSA) is 42.0 Å². The van der Waals surface area contributed by atoms with Gasteiger partial charge in [0.1, 0.15) is 6.61 Å². The Labute approximate surface area is 155 Å². The van der Waals surface area contributed by atoms with E-state index in [9.17, 15) is 4.79 Å². The van der Waals surface area contributed by atoms with Crippen LogP contribution in [0, 0.1) is 18.3 Å². The molecule has 5 nitrogen and oxygen atoms in total. The van der Waals surface area contributed by atoms with Crippen LogP contribution in [0.1, 0.15) is 19.4 Å². The Morgan fingerprint density at radius 2 is 1.96 bits per heavy atom. The van der Waals surface area contributed by atoms with E-state index in [0.29, 0.717) is 19.1 Å². The highest BCUT2D eigenvalue weighted by Crippen LogP contribution is 2.36. The van der Waals surface area contributed by atoms with Gasteiger partial charge in [0.15, 0.2) is 0 Å². The summed E-state index contributed by atoms with van der Waals surface area (Å²) in [5.74, 6) is 2.85. The first-order valence-electron chi connectivity index (χ1n) is 8.98. The number of anilines is 1. The summed E-state index contributed by atoms with van der Waals surface area (Å²) in [7, 11) is 1.70. The van der Waals surface area contributed by atoms with Crippen molar-refractivity contribution in [2.75, 3.05) is 25.2 Å². The van der Waals surface area contributed by atoms with Crippen molar-refractivity contribution in [3.63, 3.8) is 0 Å². The highest BCUT2D eigenvalue weighted by atomic mass is 16.5. The molecule has 1 fully saturated rings. The quantitative estimate of drug-likeness (QED) is 0.429. The van der Waals surface area contributed by atoms with E-state index in [1.165, 1.54) is 0 Å². The molecule has 1 aliphatic carbocycles. The van der Waals surface area contributed by atoms with Gasteiger partial charge in [-0.2, -0.15) is 0 Å². The average molecular weight is 354 g/mol. The SMILES string of the molecule is C#CCOCc1ccc(N2C(=O)N(CC(C)C)[C@@H]3[C@@H](OC)C=C[C@@H]32)cc1. The summed E-state index contributed by atoms with van der Waals surface area (Å²) in [6.45, 7) is 5.73. The van der Waals surface area contributed by atoms with Crippen LogP contribution in [0.3, 0.4) is 0 Å². The standard InChI is InChI=1S/C21H26N2O3/c1-5-12-26-14-16-6-8-17(9-7-16)23-18-10-11-19(25-4)20(18)22(21(23)24)13-15(2)3/h1,6-11,15,18-20H,12-14H2,2-4H3/t18-,19-,20-/m0/s1. The number of urea groups is 1. The lowest BCUT2D eigenvalue weighted by Crippen LogP contribution is -2.44. The predicted molar refractivity (Wildman–Crippen MR) is 102 cm³/mol. The third kappa shape index (κ3) is 3.48. The largest absolute Gasteiger partial charge is 0.375 e. The molecule has 0 spiro atoms. The van der Waals surface area contributed by atoms with Gasteiger partial charge in [0, 0.05) is 19.3 Å². The number of terminal acetylenes is 1. The van der Waals surface area contributed by atoms with Crippen molar-refractivity contribution in [2.45, 2.75) is 38.6 Å². The molecule has 0 unspecified atom stereocenters. The number of benzene rings is 1. The third-order valence-corrected chi connectivity index (χ3v) is 4.80. The number of amides is 2. The molecule has 0 N–H and O–H groups in total. The minimum Gasteiger partial charge on any atom is -0.375 e. The second kappa shape index (κ2) is 7.94. The van der Waals surface area contributed by atoms with Gasteiger partial charge < -0.3 is 14.4 Å². The predicted octanol–water partition coefficient (Wildman–Crippen LogP) is 3.06. The molecular formula is C21H26N2O3. The summed E-state index contributed by atoms with van der Waals surface area (Å²) in [4.78, 5) is 16.9. The molecule has 0 aromatic heterocycles. The lowest BCUT2D eigenvalue weighted by molar-refractivity contribution is 0.0738. The van der Waals surface area contributed by atoms with Gasteiger partial charge in [-0.25, -0.2) is 4.79 Å². The summed E-state index contributed by atoms with van der Waals surface area (Å²) in [6, 6.07) is 7.95. The van der Waals surface area contributed by atoms with Crippen LogP contribution in [0.4, 0.5) is 10.5 Å². The van der Waals surface area contributed by atoms with Gasteiger partial charge in [-0.05, 0) is 23.6 Å². The van der Waals surface area contributed by atoms with E-state index in [1.54, 1.807) is 7.11 Å². The molecule has 26 heavy (non-hydrogen) atoms. The zero-order chi connectivity index (χ0) is 18.7. The number of nitrogens with zero attached hydrogens (tertiary/aromatic N) is 2. The summed E-state index contributed by atoms with van der Waals surface area (Å²) < 4.78 is 11.0. The first-order chi connectivity index (χ1) is 12.6. The van der Waals surface area contributed by atoms with Gasteiger partial charge >= 0.3 is 6.03 Å². The number of carbonyl (C=O) groups excluding carboxylic acids is 1. The lowest BCUT2D eigenvalue weighted by Gasteiger charge is -2.28. The number of carbonyl (C=O) groups is 1. The van der Waals surface area contributed by atoms with Crippen molar-refractivity contribution in [3.05, 3.63) is 42.0 Å². The van der Waals surface area contributed by atoms with Crippen molar-refractivity contribution < 1.29 is 14.3 Å². The highest BCUT2D eigenvalue weighted by molar-refractivity contribution is 5.96. The van der Waals surface area contributed by atoms with Crippen LogP contribution < -0.4 is 4.90 Å². The molecule has 0 bridgehead atoms. The van der Waals surface area contributed by atoms with Gasteiger partial charge in [0.05, 0.1) is 24.8 Å². The Bertz CT molecular complexity index is 705. The highest BCUT2D eigenvalue weighted by Gasteiger charge is 2.51. The van der Waals surface area contributed by atoms with E-state index in [-0.39, 0.29) is 24.2 Å². The molecule has 3 atom stereocenters. The Hall–Kier alpha value is -2.29. The maximum atomic E-state index is 13.1. The molecule has 3 rings (SSSR count). The number of hydrogen-bond acceptors (Lipinski definition) is 3. The fourth-order valence-electron chi connectivity index (χ4n) is 3.71. The van der Waals surface area contributed by atoms with Crippen LogP contribution in [-0.4, -0.2) is 49.4 Å². The summed E-state index contributed by atoms with van der Waals surface area (Å²) in [6.07, 6.45) is 9.27. The Morgan fingerprint density at radius 3 is 2.58 bits per heavy atom. The van der Waals surface area contributed by atoms with E-state index in [0.717, 1.165) is 17.8 Å². The Kier molecular flexibility index (Phi) is 5.65. The summed E-state index contributed by atoms with van der Waals surface area (Å²) >= 11 is 0. The van der Waals surface area contributed by atoms with Crippen LogP contribution in [0.15, 0.2) is 36.4 Å². The lowest BCUT2D eigenvalue weighted by atomic mass is 10.1. The van der Waals surface area contributed by atoms with E-state index in [4.69, 9.17) is 15.9 Å². The number of hydrogen-bond donors (Lipinski definition) is 0. The number of methoxy groups -OCH3 is 1. The molecule has 1 aromatic rings. The second-order valence-electron chi connectivity index (χ2n) is 7.13. The average Bonchev–Trinajstić information content (AvgIpc) is 3.15. The summed E-state index contributed by atoms with van der Waals surface area (Å²) in [5, 5.41) is 0. The molecule has 1 aromatic carbocycles. The number of rotatable bonds is 7. The molecule has 0 saturated carbocycles. The minimum atomic E-state index is -0.0656. The Morgan fingerprint density at radius 1 is 1.23 bits per heavy atom. The first-order valence-corrected chi connectivity index (χ1v) is 8.98. The maximum absolute atomic E-state index is 13.1. The van der Waals surface area contributed by atoms with E-state index < -0.39 is 0 Å². The van der Waals surface area contributed by atoms with Gasteiger partial charge in [-0.15, -0.1) is 6.42 Å². The van der Waals surface area contributed by atoms with Crippen molar-refractivity contribution in [1.29, 1.82) is 0 Å². The Balaban J connectivity index is 1.82. The molecule has 0 radical (unpaired) electrons. The second-order valence-corrected chi connectivity index (χ2v) is 7.13. The molecule has 1 aliphatic heterocycles. The molecule has 1 saturated heterocycles. The minimum absolute atomic E-state index is 0.00487. The monoisotopic (exact) mass is 354 g/mol. The van der Waals surface area contributed by atoms with Gasteiger partial charge in [0.25, 0.3) is 0 Å². The molecular weight excluding hydrogens is 328 g/mol. The zero-order valence-electron chi connectivity index (χ0n) is 15.6. The molecule has 5 heteroatoms. The molecule has 1 heterocycles. The van der Waals surface area contributed by atoms with Gasteiger partial charge in [0.2, 0.25) is 0 Å². The summed E-state index contributed by atoms with van der Waals surface area (Å²) in [5.41, 5.74) is 1.92. The van der Waals surface area contributed by atoms with Crippen LogP contribution in [-0.2, 0) is 16.1 Å². The van der Waals surface area contributed by atoms with E-state index in [2.05, 4.69) is 31.9 Å². The van der Waals surface area contributed by atoms with E-state index in [1.807, 2.05) is 34.1 Å². The van der Waals surface area contributed by atoms with Crippen molar-refractivity contribution in [2.24, 2.45) is 5.92 Å². The fourth-order valence-corrected chi connectivity index (χ4v) is 3.71. The molecule has 138 valence electrons. The van der Waals surface area contributed by atoms with Crippen LogP contribution >= 0.6 is 0 Å². The maximum Gasteiger partial charge on any atom is 0.325 e. The third-order valence-electron chi connectivity index (χ3n) is 4.80. The van der Waals surface area contributed by atoms with Crippen LogP contribution in [0.25, 0.3) is 0 Å². The molecule has 2 aliphatic rings. The van der Waals surface area contributed by atoms with Crippen molar-refractivity contribution >= 4 is 11.7 Å².